The number of benzene rings is 1. The molecule has 0 aliphatic heterocycles. The summed E-state index contributed by atoms with van der Waals surface area (Å²) in [4.78, 5) is 12.2. The second-order valence-corrected chi connectivity index (χ2v) is 9.10. The van der Waals surface area contributed by atoms with Crippen molar-refractivity contribution < 1.29 is 17.9 Å². The molecular formula is C17H27NO4S. The zero-order chi connectivity index (χ0) is 17.7. The van der Waals surface area contributed by atoms with Crippen molar-refractivity contribution in [2.45, 2.75) is 57.6 Å². The van der Waals surface area contributed by atoms with Gasteiger partial charge in [0.25, 0.3) is 0 Å². The van der Waals surface area contributed by atoms with Crippen molar-refractivity contribution in [3.05, 3.63) is 30.3 Å². The Labute approximate surface area is 139 Å². The number of amides is 1. The van der Waals surface area contributed by atoms with E-state index in [-0.39, 0.29) is 16.6 Å². The molecule has 1 aromatic rings. The van der Waals surface area contributed by atoms with Gasteiger partial charge in [-0.25, -0.2) is 13.2 Å². The summed E-state index contributed by atoms with van der Waals surface area (Å²) in [5, 5.41) is 2.69. The van der Waals surface area contributed by atoms with E-state index in [0.717, 1.165) is 0 Å². The number of ether oxygens (including phenoxy) is 1. The summed E-state index contributed by atoms with van der Waals surface area (Å²) < 4.78 is 30.2. The largest absolute Gasteiger partial charge is 0.444 e. The van der Waals surface area contributed by atoms with Crippen LogP contribution in [0.2, 0.25) is 0 Å². The lowest BCUT2D eigenvalue weighted by molar-refractivity contribution is 0.0504. The lowest BCUT2D eigenvalue weighted by Crippen LogP contribution is -2.43. The zero-order valence-electron chi connectivity index (χ0n) is 14.5. The molecule has 0 radical (unpaired) electrons. The maximum absolute atomic E-state index is 12.5. The second kappa shape index (κ2) is 7.81. The van der Waals surface area contributed by atoms with E-state index in [4.69, 9.17) is 4.74 Å². The molecule has 1 N–H and O–H groups in total. The van der Waals surface area contributed by atoms with Gasteiger partial charge in [-0.1, -0.05) is 32.0 Å². The number of sulfone groups is 1. The second-order valence-electron chi connectivity index (χ2n) is 7.07. The van der Waals surface area contributed by atoms with Gasteiger partial charge >= 0.3 is 6.09 Å². The van der Waals surface area contributed by atoms with Crippen molar-refractivity contribution in [2.75, 3.05) is 5.75 Å². The number of alkyl carbamates (subject to hydrolysis) is 1. The third-order valence-electron chi connectivity index (χ3n) is 3.00. The summed E-state index contributed by atoms with van der Waals surface area (Å²) in [6.45, 7) is 9.28. The van der Waals surface area contributed by atoms with E-state index in [1.165, 1.54) is 0 Å². The molecule has 5 nitrogen and oxygen atoms in total. The van der Waals surface area contributed by atoms with E-state index in [0.29, 0.717) is 6.42 Å². The van der Waals surface area contributed by atoms with Gasteiger partial charge in [0.15, 0.2) is 9.84 Å². The molecule has 0 spiro atoms. The highest BCUT2D eigenvalue weighted by atomic mass is 32.2. The lowest BCUT2D eigenvalue weighted by Gasteiger charge is -2.24. The molecule has 0 saturated heterocycles. The number of carbonyl (C=O) groups excluding carboxylic acids is 1. The van der Waals surface area contributed by atoms with Gasteiger partial charge in [0.2, 0.25) is 0 Å². The smallest absolute Gasteiger partial charge is 0.407 e. The summed E-state index contributed by atoms with van der Waals surface area (Å²) in [6, 6.07) is 7.78. The first-order chi connectivity index (χ1) is 10.5. The Hall–Kier alpha value is -1.56. The van der Waals surface area contributed by atoms with Gasteiger partial charge in [-0.2, -0.15) is 0 Å². The van der Waals surface area contributed by atoms with Crippen LogP contribution in [0.4, 0.5) is 4.79 Å². The van der Waals surface area contributed by atoms with E-state index in [9.17, 15) is 13.2 Å². The SMILES string of the molecule is CC(C)CC(CS(=O)(=O)c1ccccc1)NC(=O)OC(C)(C)C. The molecule has 1 aromatic carbocycles. The van der Waals surface area contributed by atoms with Gasteiger partial charge < -0.3 is 10.1 Å². The molecular weight excluding hydrogens is 314 g/mol. The van der Waals surface area contributed by atoms with Gasteiger partial charge in [-0.05, 0) is 45.2 Å². The van der Waals surface area contributed by atoms with Crippen LogP contribution in [0, 0.1) is 5.92 Å². The summed E-state index contributed by atoms with van der Waals surface area (Å²) in [5.74, 6) is 0.106. The molecule has 6 heteroatoms. The molecule has 0 saturated carbocycles. The predicted molar refractivity (Wildman–Crippen MR) is 91.1 cm³/mol. The number of carbonyl (C=O) groups is 1. The highest BCUT2D eigenvalue weighted by Gasteiger charge is 2.25. The quantitative estimate of drug-likeness (QED) is 0.861. The fourth-order valence-electron chi connectivity index (χ4n) is 2.20. The van der Waals surface area contributed by atoms with Crippen LogP contribution in [0.15, 0.2) is 35.2 Å². The van der Waals surface area contributed by atoms with Crippen molar-refractivity contribution in [1.29, 1.82) is 0 Å². The maximum Gasteiger partial charge on any atom is 0.407 e. The van der Waals surface area contributed by atoms with Crippen LogP contribution in [-0.2, 0) is 14.6 Å². The first-order valence-electron chi connectivity index (χ1n) is 7.77. The maximum atomic E-state index is 12.5. The Bertz CT molecular complexity index is 603. The van der Waals surface area contributed by atoms with Crippen molar-refractivity contribution in [1.82, 2.24) is 5.32 Å². The minimum atomic E-state index is -3.46. The first kappa shape index (κ1) is 19.5. The average molecular weight is 341 g/mol. The average Bonchev–Trinajstić information content (AvgIpc) is 2.35. The number of hydrogen-bond acceptors (Lipinski definition) is 4. The van der Waals surface area contributed by atoms with Crippen molar-refractivity contribution in [2.24, 2.45) is 5.92 Å². The van der Waals surface area contributed by atoms with Crippen LogP contribution in [0.3, 0.4) is 0 Å². The number of nitrogens with one attached hydrogen (secondary N) is 1. The van der Waals surface area contributed by atoms with E-state index in [2.05, 4.69) is 5.32 Å². The standard InChI is InChI=1S/C17H27NO4S/c1-13(2)11-14(18-16(19)22-17(3,4)5)12-23(20,21)15-9-7-6-8-10-15/h6-10,13-14H,11-12H2,1-5H3,(H,18,19). The fourth-order valence-corrected chi connectivity index (χ4v) is 3.71. The Kier molecular flexibility index (Phi) is 6.62. The number of hydrogen-bond donors (Lipinski definition) is 1. The predicted octanol–water partition coefficient (Wildman–Crippen LogP) is 3.40. The minimum absolute atomic E-state index is 0.144. The Morgan fingerprint density at radius 2 is 1.74 bits per heavy atom. The molecule has 0 bridgehead atoms. The van der Waals surface area contributed by atoms with Crippen LogP contribution in [0.25, 0.3) is 0 Å². The van der Waals surface area contributed by atoms with Gasteiger partial charge in [0.1, 0.15) is 5.60 Å². The third kappa shape index (κ3) is 7.50. The van der Waals surface area contributed by atoms with Gasteiger partial charge in [-0.15, -0.1) is 0 Å². The van der Waals surface area contributed by atoms with E-state index in [1.807, 2.05) is 13.8 Å². The Morgan fingerprint density at radius 1 is 1.17 bits per heavy atom. The van der Waals surface area contributed by atoms with Crippen LogP contribution >= 0.6 is 0 Å². The van der Waals surface area contributed by atoms with Gasteiger partial charge in [0, 0.05) is 6.04 Å². The van der Waals surface area contributed by atoms with Crippen LogP contribution in [0.1, 0.15) is 41.0 Å². The van der Waals surface area contributed by atoms with E-state index < -0.39 is 27.6 Å². The number of rotatable bonds is 6. The topological polar surface area (TPSA) is 72.5 Å². The molecule has 0 aliphatic rings. The summed E-state index contributed by atoms with van der Waals surface area (Å²) in [7, 11) is -3.46. The summed E-state index contributed by atoms with van der Waals surface area (Å²) >= 11 is 0. The van der Waals surface area contributed by atoms with E-state index >= 15 is 0 Å². The lowest BCUT2D eigenvalue weighted by atomic mass is 10.1. The summed E-state index contributed by atoms with van der Waals surface area (Å²) in [6.07, 6.45) is -0.0305. The van der Waals surface area contributed by atoms with Crippen molar-refractivity contribution >= 4 is 15.9 Å². The molecule has 1 unspecified atom stereocenters. The van der Waals surface area contributed by atoms with Crippen LogP contribution < -0.4 is 5.32 Å². The molecule has 1 amide bonds. The fraction of sp³-hybridized carbons (Fsp3) is 0.588. The first-order valence-corrected chi connectivity index (χ1v) is 9.42. The molecule has 0 aliphatic carbocycles. The summed E-state index contributed by atoms with van der Waals surface area (Å²) in [5.41, 5.74) is -0.620. The highest BCUT2D eigenvalue weighted by molar-refractivity contribution is 7.91. The molecule has 1 atom stereocenters. The Morgan fingerprint density at radius 3 is 2.22 bits per heavy atom. The highest BCUT2D eigenvalue weighted by Crippen LogP contribution is 2.15. The Balaban J connectivity index is 2.84. The molecule has 23 heavy (non-hydrogen) atoms. The molecule has 1 rings (SSSR count). The van der Waals surface area contributed by atoms with Crippen molar-refractivity contribution in [3.8, 4) is 0 Å². The van der Waals surface area contributed by atoms with E-state index in [1.54, 1.807) is 51.1 Å². The monoisotopic (exact) mass is 341 g/mol. The van der Waals surface area contributed by atoms with Crippen LogP contribution in [-0.4, -0.2) is 31.9 Å². The molecule has 0 fully saturated rings. The molecule has 0 heterocycles. The normalized spacial score (nSPS) is 13.7. The minimum Gasteiger partial charge on any atom is -0.444 e. The molecule has 130 valence electrons. The zero-order valence-corrected chi connectivity index (χ0v) is 15.3. The molecule has 0 aromatic heterocycles. The van der Waals surface area contributed by atoms with Crippen LogP contribution in [0.5, 0.6) is 0 Å². The van der Waals surface area contributed by atoms with Gasteiger partial charge in [0.05, 0.1) is 10.6 Å². The van der Waals surface area contributed by atoms with Crippen molar-refractivity contribution in [3.63, 3.8) is 0 Å². The third-order valence-corrected chi connectivity index (χ3v) is 4.83. The van der Waals surface area contributed by atoms with Gasteiger partial charge in [-0.3, -0.25) is 0 Å².